The molecule has 27 heavy (non-hydrogen) atoms. The lowest BCUT2D eigenvalue weighted by Crippen LogP contribution is -2.09. The number of benzene rings is 1. The number of hydrogen-bond acceptors (Lipinski definition) is 5. The summed E-state index contributed by atoms with van der Waals surface area (Å²) in [7, 11) is 0. The molecule has 0 amide bonds. The highest BCUT2D eigenvalue weighted by molar-refractivity contribution is 6.32. The predicted octanol–water partition coefficient (Wildman–Crippen LogP) is 4.26. The fourth-order valence-corrected chi connectivity index (χ4v) is 3.33. The van der Waals surface area contributed by atoms with E-state index in [1.54, 1.807) is 32.9 Å². The molecule has 0 aliphatic rings. The van der Waals surface area contributed by atoms with Crippen LogP contribution in [0.15, 0.2) is 27.4 Å². The van der Waals surface area contributed by atoms with Crippen molar-refractivity contribution in [3.8, 4) is 0 Å². The van der Waals surface area contributed by atoms with Crippen LogP contribution >= 0.6 is 11.6 Å². The minimum Gasteiger partial charge on any atom is -0.456 e. The average Bonchev–Trinajstić information content (AvgIpc) is 2.88. The fourth-order valence-electron chi connectivity index (χ4n) is 3.17. The number of aromatic nitrogens is 1. The first-order valence-corrected chi connectivity index (χ1v) is 8.67. The summed E-state index contributed by atoms with van der Waals surface area (Å²) in [5.41, 5.74) is 2.96. The van der Waals surface area contributed by atoms with Crippen LogP contribution in [0.5, 0.6) is 0 Å². The van der Waals surface area contributed by atoms with Crippen molar-refractivity contribution in [3.05, 3.63) is 67.3 Å². The van der Waals surface area contributed by atoms with Crippen LogP contribution in [0.25, 0.3) is 11.0 Å². The third-order valence-electron chi connectivity index (χ3n) is 4.46. The molecular formula is C20H18ClNO5. The molecule has 0 fully saturated rings. The number of aromatic amines is 1. The van der Waals surface area contributed by atoms with Gasteiger partial charge in [-0.15, -0.1) is 0 Å². The van der Waals surface area contributed by atoms with Gasteiger partial charge in [-0.05, 0) is 51.0 Å². The number of nitrogens with one attached hydrogen (secondary N) is 1. The molecule has 140 valence electrons. The van der Waals surface area contributed by atoms with Crippen molar-refractivity contribution in [1.29, 1.82) is 0 Å². The molecule has 2 aromatic heterocycles. The minimum absolute atomic E-state index is 0.128. The van der Waals surface area contributed by atoms with Gasteiger partial charge in [0.1, 0.15) is 17.9 Å². The third-order valence-corrected chi connectivity index (χ3v) is 4.87. The Bertz CT molecular complexity index is 1140. The summed E-state index contributed by atoms with van der Waals surface area (Å²) in [6.07, 6.45) is 0. The largest absolute Gasteiger partial charge is 0.456 e. The lowest BCUT2D eigenvalue weighted by molar-refractivity contribution is 0.0466. The fraction of sp³-hybridized carbons (Fsp3) is 0.250. The van der Waals surface area contributed by atoms with E-state index >= 15 is 0 Å². The Hall–Kier alpha value is -2.86. The zero-order valence-corrected chi connectivity index (χ0v) is 16.1. The molecule has 3 aromatic rings. The van der Waals surface area contributed by atoms with Gasteiger partial charge in [-0.1, -0.05) is 11.6 Å². The van der Waals surface area contributed by atoms with E-state index in [0.717, 1.165) is 5.56 Å². The molecular weight excluding hydrogens is 370 g/mol. The number of carbonyl (C=O) groups excluding carboxylic acids is 2. The monoisotopic (exact) mass is 387 g/mol. The second kappa shape index (κ2) is 7.04. The van der Waals surface area contributed by atoms with Gasteiger partial charge in [0.2, 0.25) is 0 Å². The Morgan fingerprint density at radius 3 is 2.52 bits per heavy atom. The number of ketones is 1. The summed E-state index contributed by atoms with van der Waals surface area (Å²) in [4.78, 5) is 38.9. The zero-order valence-electron chi connectivity index (χ0n) is 15.4. The van der Waals surface area contributed by atoms with Crippen LogP contribution in [0.2, 0.25) is 5.02 Å². The van der Waals surface area contributed by atoms with Crippen LogP contribution in [-0.4, -0.2) is 16.7 Å². The van der Waals surface area contributed by atoms with Crippen LogP contribution < -0.4 is 5.63 Å². The van der Waals surface area contributed by atoms with Gasteiger partial charge in [-0.25, -0.2) is 9.59 Å². The maximum Gasteiger partial charge on any atom is 0.355 e. The van der Waals surface area contributed by atoms with Gasteiger partial charge < -0.3 is 14.1 Å². The molecule has 0 radical (unpaired) electrons. The Kier molecular flexibility index (Phi) is 4.93. The number of H-pyrrole nitrogens is 1. The van der Waals surface area contributed by atoms with E-state index in [2.05, 4.69) is 4.98 Å². The third kappa shape index (κ3) is 3.53. The molecule has 0 spiro atoms. The molecule has 2 heterocycles. The van der Waals surface area contributed by atoms with Crippen LogP contribution in [0.3, 0.4) is 0 Å². The quantitative estimate of drug-likeness (QED) is 0.410. The Morgan fingerprint density at radius 1 is 1.19 bits per heavy atom. The van der Waals surface area contributed by atoms with E-state index < -0.39 is 11.6 Å². The van der Waals surface area contributed by atoms with Gasteiger partial charge in [0.25, 0.3) is 0 Å². The van der Waals surface area contributed by atoms with Gasteiger partial charge in [-0.2, -0.15) is 0 Å². The zero-order chi connectivity index (χ0) is 19.9. The highest BCUT2D eigenvalue weighted by Gasteiger charge is 2.21. The molecule has 3 rings (SSSR count). The Morgan fingerprint density at radius 2 is 1.89 bits per heavy atom. The molecule has 1 aromatic carbocycles. The van der Waals surface area contributed by atoms with Crippen molar-refractivity contribution in [2.75, 3.05) is 0 Å². The lowest BCUT2D eigenvalue weighted by atomic mass is 10.1. The maximum absolute atomic E-state index is 12.5. The van der Waals surface area contributed by atoms with Crippen molar-refractivity contribution in [2.45, 2.75) is 34.3 Å². The normalized spacial score (nSPS) is 11.0. The molecule has 1 N–H and O–H groups in total. The molecule has 0 unspecified atom stereocenters. The summed E-state index contributed by atoms with van der Waals surface area (Å²) in [5, 5.41) is 1.12. The van der Waals surface area contributed by atoms with Gasteiger partial charge in [0, 0.05) is 33.3 Å². The molecule has 7 heteroatoms. The summed E-state index contributed by atoms with van der Waals surface area (Å²) < 4.78 is 10.6. The second-order valence-electron chi connectivity index (χ2n) is 6.45. The smallest absolute Gasteiger partial charge is 0.355 e. The highest BCUT2D eigenvalue weighted by Crippen LogP contribution is 2.26. The number of Topliss-reactive ketones (excluding diaryl/α,β-unsaturated/α-hetero) is 1. The minimum atomic E-state index is -0.609. The van der Waals surface area contributed by atoms with Crippen LogP contribution in [0.1, 0.15) is 50.2 Å². The number of aryl methyl sites for hydroxylation is 2. The SMILES string of the molecule is CC(=O)c1c(C)[nH]c(C(=O)OCc2cc(=O)oc3cc(C)c(Cl)cc23)c1C. The Labute approximate surface area is 160 Å². The van der Waals surface area contributed by atoms with Crippen LogP contribution in [0, 0.1) is 20.8 Å². The average molecular weight is 388 g/mol. The molecule has 0 saturated carbocycles. The van der Waals surface area contributed by atoms with E-state index in [4.69, 9.17) is 20.8 Å². The van der Waals surface area contributed by atoms with E-state index in [0.29, 0.717) is 38.4 Å². The summed E-state index contributed by atoms with van der Waals surface area (Å²) >= 11 is 6.16. The predicted molar refractivity (Wildman–Crippen MR) is 102 cm³/mol. The van der Waals surface area contributed by atoms with Crippen molar-refractivity contribution in [1.82, 2.24) is 4.98 Å². The van der Waals surface area contributed by atoms with Crippen LogP contribution in [0.4, 0.5) is 0 Å². The van der Waals surface area contributed by atoms with Gasteiger partial charge in [0.05, 0.1) is 0 Å². The lowest BCUT2D eigenvalue weighted by Gasteiger charge is -2.08. The van der Waals surface area contributed by atoms with Crippen LogP contribution in [-0.2, 0) is 11.3 Å². The highest BCUT2D eigenvalue weighted by atomic mass is 35.5. The van der Waals surface area contributed by atoms with Crippen molar-refractivity contribution < 1.29 is 18.7 Å². The standard InChI is InChI=1S/C20H18ClNO5/c1-9-5-16-14(7-15(9)21)13(6-17(24)27-16)8-26-20(25)19-10(2)18(12(4)23)11(3)22-19/h5-7,22H,8H2,1-4H3. The van der Waals surface area contributed by atoms with Gasteiger partial charge in [-0.3, -0.25) is 4.79 Å². The number of rotatable bonds is 4. The first-order valence-electron chi connectivity index (χ1n) is 8.29. The molecule has 0 bridgehead atoms. The number of carbonyl (C=O) groups is 2. The molecule has 0 aliphatic carbocycles. The van der Waals surface area contributed by atoms with Crippen molar-refractivity contribution in [2.24, 2.45) is 0 Å². The second-order valence-corrected chi connectivity index (χ2v) is 6.85. The van der Waals surface area contributed by atoms with Crippen molar-refractivity contribution in [3.63, 3.8) is 0 Å². The topological polar surface area (TPSA) is 89.4 Å². The van der Waals surface area contributed by atoms with Gasteiger partial charge in [0.15, 0.2) is 5.78 Å². The Balaban J connectivity index is 1.92. The number of esters is 1. The van der Waals surface area contributed by atoms with E-state index in [9.17, 15) is 14.4 Å². The van der Waals surface area contributed by atoms with E-state index in [1.807, 2.05) is 0 Å². The molecule has 0 atom stereocenters. The molecule has 6 nitrogen and oxygen atoms in total. The van der Waals surface area contributed by atoms with E-state index in [-0.39, 0.29) is 18.1 Å². The molecule has 0 saturated heterocycles. The number of ether oxygens (including phenoxy) is 1. The molecule has 0 aliphatic heterocycles. The van der Waals surface area contributed by atoms with Crippen molar-refractivity contribution >= 4 is 34.3 Å². The summed E-state index contributed by atoms with van der Waals surface area (Å²) in [6, 6.07) is 4.62. The number of hydrogen-bond donors (Lipinski definition) is 1. The summed E-state index contributed by atoms with van der Waals surface area (Å²) in [6.45, 7) is 6.52. The van der Waals surface area contributed by atoms with Gasteiger partial charge >= 0.3 is 11.6 Å². The summed E-state index contributed by atoms with van der Waals surface area (Å²) in [5.74, 6) is -0.736. The first kappa shape index (κ1) is 18.9. The maximum atomic E-state index is 12.5. The van der Waals surface area contributed by atoms with E-state index in [1.165, 1.54) is 13.0 Å². The first-order chi connectivity index (χ1) is 12.7. The number of halogens is 1. The number of fused-ring (bicyclic) bond motifs is 1.